The van der Waals surface area contributed by atoms with Crippen molar-refractivity contribution in [2.24, 2.45) is 11.7 Å². The molecule has 0 aromatic heterocycles. The lowest BCUT2D eigenvalue weighted by atomic mass is 9.75. The highest BCUT2D eigenvalue weighted by Crippen LogP contribution is 2.26. The number of carbonyl (C=O) groups is 1. The van der Waals surface area contributed by atoms with Gasteiger partial charge in [0.25, 0.3) is 0 Å². The van der Waals surface area contributed by atoms with E-state index in [1.807, 2.05) is 11.9 Å². The third-order valence-corrected chi connectivity index (χ3v) is 3.03. The number of nitrogens with two attached hydrogens (primary N) is 1. The van der Waals surface area contributed by atoms with E-state index in [-0.39, 0.29) is 37.1 Å². The minimum absolute atomic E-state index is 0. The second kappa shape index (κ2) is 8.19. The number of rotatable bonds is 4. The van der Waals surface area contributed by atoms with Gasteiger partial charge in [0.15, 0.2) is 0 Å². The Hall–Kier alpha value is -0.0451. The van der Waals surface area contributed by atoms with Gasteiger partial charge in [-0.25, -0.2) is 0 Å². The molecule has 1 saturated heterocycles. The summed E-state index contributed by atoms with van der Waals surface area (Å²) < 4.78 is 0. The molecule has 6 nitrogen and oxygen atoms in total. The first-order valence-electron chi connectivity index (χ1n) is 5.40. The maximum atomic E-state index is 11.1. The van der Waals surface area contributed by atoms with Crippen LogP contribution < -0.4 is 5.73 Å². The number of hydrogen-bond acceptors (Lipinski definition) is 5. The average molecular weight is 303 g/mol. The number of piperidine rings is 1. The predicted molar refractivity (Wildman–Crippen MR) is 74.3 cm³/mol. The van der Waals surface area contributed by atoms with Crippen molar-refractivity contribution in [2.45, 2.75) is 24.7 Å². The Labute approximate surface area is 119 Å². The lowest BCUT2D eigenvalue weighted by Gasteiger charge is -2.40. The molecule has 9 heteroatoms. The standard InChI is InChI=1S/C9H19BN2O4.2ClH/c1-12-5-7(2-3-10(15)16)4-9(11,6-12)8(13)14;;/h7,15-16H,2-6,11H2,1H3,(H,13,14);2*1H/t7-,9+;;/m0../s1. The zero-order chi connectivity index (χ0) is 12.3. The SMILES string of the molecule is CN1C[C@@H](CCB(O)O)C[C@](N)(C(=O)O)C1.Cl.Cl. The van der Waals surface area contributed by atoms with E-state index in [1.165, 1.54) is 0 Å². The lowest BCUT2D eigenvalue weighted by Crippen LogP contribution is -2.60. The van der Waals surface area contributed by atoms with Crippen molar-refractivity contribution in [1.82, 2.24) is 4.90 Å². The highest BCUT2D eigenvalue weighted by Gasteiger charge is 2.41. The molecule has 0 aliphatic carbocycles. The summed E-state index contributed by atoms with van der Waals surface area (Å²) >= 11 is 0. The fourth-order valence-electron chi connectivity index (χ4n) is 2.36. The number of carboxylic acids is 1. The van der Waals surface area contributed by atoms with Crippen molar-refractivity contribution in [3.05, 3.63) is 0 Å². The van der Waals surface area contributed by atoms with Crippen LogP contribution in [0.2, 0.25) is 6.32 Å². The Kier molecular flexibility index (Phi) is 9.23. The number of nitrogens with zero attached hydrogens (tertiary/aromatic N) is 1. The zero-order valence-corrected chi connectivity index (χ0v) is 11.9. The molecule has 18 heavy (non-hydrogen) atoms. The lowest BCUT2D eigenvalue weighted by molar-refractivity contribution is -0.146. The van der Waals surface area contributed by atoms with E-state index in [9.17, 15) is 4.79 Å². The van der Waals surface area contributed by atoms with Gasteiger partial charge in [-0.1, -0.05) is 6.42 Å². The van der Waals surface area contributed by atoms with Crippen LogP contribution >= 0.6 is 24.8 Å². The van der Waals surface area contributed by atoms with Crippen LogP contribution in [0.15, 0.2) is 0 Å². The highest BCUT2D eigenvalue weighted by atomic mass is 35.5. The van der Waals surface area contributed by atoms with E-state index < -0.39 is 18.6 Å². The van der Waals surface area contributed by atoms with E-state index in [0.717, 1.165) is 6.54 Å². The molecule has 0 aromatic carbocycles. The maximum Gasteiger partial charge on any atom is 0.451 e. The van der Waals surface area contributed by atoms with Crippen LogP contribution in [-0.4, -0.2) is 58.8 Å². The van der Waals surface area contributed by atoms with Crippen molar-refractivity contribution in [3.63, 3.8) is 0 Å². The number of carboxylic acid groups (broad SMARTS) is 1. The summed E-state index contributed by atoms with van der Waals surface area (Å²) in [6, 6.07) is 0. The van der Waals surface area contributed by atoms with Crippen LogP contribution in [0.5, 0.6) is 0 Å². The molecule has 2 atom stereocenters. The van der Waals surface area contributed by atoms with Crippen LogP contribution in [0.25, 0.3) is 0 Å². The second-order valence-electron chi connectivity index (χ2n) is 4.79. The third kappa shape index (κ3) is 5.73. The molecular weight excluding hydrogens is 282 g/mol. The quantitative estimate of drug-likeness (QED) is 0.518. The van der Waals surface area contributed by atoms with Gasteiger partial charge < -0.3 is 25.8 Å². The summed E-state index contributed by atoms with van der Waals surface area (Å²) in [5.74, 6) is -0.893. The first-order valence-corrected chi connectivity index (χ1v) is 5.40. The summed E-state index contributed by atoms with van der Waals surface area (Å²) in [5, 5.41) is 26.6. The van der Waals surface area contributed by atoms with E-state index >= 15 is 0 Å². The van der Waals surface area contributed by atoms with Gasteiger partial charge in [0.1, 0.15) is 5.54 Å². The molecule has 1 rings (SSSR count). The Bertz CT molecular complexity index is 273. The smallest absolute Gasteiger partial charge is 0.451 e. The molecular formula is C9H21BCl2N2O4. The van der Waals surface area contributed by atoms with Crippen molar-refractivity contribution < 1.29 is 19.9 Å². The van der Waals surface area contributed by atoms with Crippen LogP contribution in [0, 0.1) is 5.92 Å². The summed E-state index contributed by atoms with van der Waals surface area (Å²) in [5.41, 5.74) is 4.61. The third-order valence-electron chi connectivity index (χ3n) is 3.03. The molecule has 1 aliphatic rings. The molecule has 0 saturated carbocycles. The topological polar surface area (TPSA) is 107 Å². The molecule has 0 unspecified atom stereocenters. The van der Waals surface area contributed by atoms with E-state index in [0.29, 0.717) is 19.4 Å². The molecule has 0 spiro atoms. The molecule has 0 amide bonds. The van der Waals surface area contributed by atoms with E-state index in [1.54, 1.807) is 0 Å². The Morgan fingerprint density at radius 2 is 2.06 bits per heavy atom. The zero-order valence-electron chi connectivity index (χ0n) is 10.3. The van der Waals surface area contributed by atoms with E-state index in [4.69, 9.17) is 20.9 Å². The summed E-state index contributed by atoms with van der Waals surface area (Å²) in [7, 11) is 0.496. The fraction of sp³-hybridized carbons (Fsp3) is 0.889. The molecule has 5 N–H and O–H groups in total. The minimum atomic E-state index is -1.33. The molecule has 1 heterocycles. The van der Waals surface area contributed by atoms with Gasteiger partial charge >= 0.3 is 13.1 Å². The second-order valence-corrected chi connectivity index (χ2v) is 4.79. The number of likely N-dealkylation sites (N-methyl/N-ethyl adjacent to an activating group) is 1. The number of aliphatic carboxylic acids is 1. The number of likely N-dealkylation sites (tertiary alicyclic amines) is 1. The van der Waals surface area contributed by atoms with Crippen molar-refractivity contribution in [1.29, 1.82) is 0 Å². The number of halogens is 2. The molecule has 1 aliphatic heterocycles. The molecule has 108 valence electrons. The van der Waals surface area contributed by atoms with Gasteiger partial charge in [-0.15, -0.1) is 24.8 Å². The molecule has 1 fully saturated rings. The van der Waals surface area contributed by atoms with Gasteiger partial charge in [-0.2, -0.15) is 0 Å². The van der Waals surface area contributed by atoms with Crippen LogP contribution in [0.3, 0.4) is 0 Å². The number of hydrogen-bond donors (Lipinski definition) is 4. The predicted octanol–water partition coefficient (Wildman–Crippen LogP) is -0.573. The van der Waals surface area contributed by atoms with Gasteiger partial charge in [0.2, 0.25) is 0 Å². The summed E-state index contributed by atoms with van der Waals surface area (Å²) in [6.45, 7) is 1.08. The maximum absolute atomic E-state index is 11.1. The van der Waals surface area contributed by atoms with Gasteiger partial charge in [-0.3, -0.25) is 4.79 Å². The van der Waals surface area contributed by atoms with Crippen LogP contribution in [0.4, 0.5) is 0 Å². The molecule has 0 aromatic rings. The summed E-state index contributed by atoms with van der Waals surface area (Å²) in [4.78, 5) is 12.9. The van der Waals surface area contributed by atoms with Crippen molar-refractivity contribution >= 4 is 37.9 Å². The van der Waals surface area contributed by atoms with Crippen molar-refractivity contribution in [3.8, 4) is 0 Å². The minimum Gasteiger partial charge on any atom is -0.480 e. The average Bonchev–Trinajstić information content (AvgIpc) is 2.13. The van der Waals surface area contributed by atoms with Gasteiger partial charge in [0, 0.05) is 13.1 Å². The fourth-order valence-corrected chi connectivity index (χ4v) is 2.36. The molecule has 0 bridgehead atoms. The first-order chi connectivity index (χ1) is 7.33. The molecule has 0 radical (unpaired) electrons. The largest absolute Gasteiger partial charge is 0.480 e. The normalized spacial score (nSPS) is 27.9. The monoisotopic (exact) mass is 302 g/mol. The van der Waals surface area contributed by atoms with Crippen LogP contribution in [0.1, 0.15) is 12.8 Å². The Morgan fingerprint density at radius 3 is 2.50 bits per heavy atom. The Morgan fingerprint density at radius 1 is 1.50 bits per heavy atom. The first kappa shape index (κ1) is 20.3. The Balaban J connectivity index is 0. The van der Waals surface area contributed by atoms with E-state index in [2.05, 4.69) is 0 Å². The van der Waals surface area contributed by atoms with Crippen LogP contribution in [-0.2, 0) is 4.79 Å². The highest BCUT2D eigenvalue weighted by molar-refractivity contribution is 6.40. The van der Waals surface area contributed by atoms with Gasteiger partial charge in [-0.05, 0) is 25.7 Å². The van der Waals surface area contributed by atoms with Gasteiger partial charge in [0.05, 0.1) is 0 Å². The summed E-state index contributed by atoms with van der Waals surface area (Å²) in [6.07, 6.45) is 1.22. The van der Waals surface area contributed by atoms with Crippen molar-refractivity contribution in [2.75, 3.05) is 20.1 Å².